The molecule has 2 aliphatic carbocycles. The fourth-order valence-corrected chi connectivity index (χ4v) is 6.98. The summed E-state index contributed by atoms with van der Waals surface area (Å²) in [6.07, 6.45) is 3.86. The molecule has 3 fully saturated rings. The van der Waals surface area contributed by atoms with Gasteiger partial charge in [0.25, 0.3) is 0 Å². The van der Waals surface area contributed by atoms with Crippen molar-refractivity contribution in [3.05, 3.63) is 42.0 Å². The minimum absolute atomic E-state index is 0.0191. The van der Waals surface area contributed by atoms with Crippen LogP contribution >= 0.6 is 0 Å². The minimum Gasteiger partial charge on any atom is -0.458 e. The van der Waals surface area contributed by atoms with E-state index in [1.165, 1.54) is 13.0 Å². The van der Waals surface area contributed by atoms with Crippen LogP contribution in [0.15, 0.2) is 36.4 Å². The predicted octanol–water partition coefficient (Wildman–Crippen LogP) is 5.26. The molecule has 1 aliphatic heterocycles. The first kappa shape index (κ1) is 27.4. The molecule has 1 heterocycles. The lowest BCUT2D eigenvalue weighted by atomic mass is 9.49. The van der Waals surface area contributed by atoms with Crippen molar-refractivity contribution in [1.29, 1.82) is 0 Å². The average molecular weight is 513 g/mol. The molecule has 7 atom stereocenters. The van der Waals surface area contributed by atoms with Gasteiger partial charge in [-0.05, 0) is 69.9 Å². The molecule has 2 saturated carbocycles. The highest BCUT2D eigenvalue weighted by Crippen LogP contribution is 2.67. The first-order valence-electron chi connectivity index (χ1n) is 13.4. The minimum atomic E-state index is -0.923. The highest BCUT2D eigenvalue weighted by Gasteiger charge is 2.75. The quantitative estimate of drug-likeness (QED) is 0.280. The summed E-state index contributed by atoms with van der Waals surface area (Å²) < 4.78 is 24.9. The van der Waals surface area contributed by atoms with Gasteiger partial charge in [0, 0.05) is 19.4 Å². The molecule has 202 valence electrons. The molecule has 4 rings (SSSR count). The second kappa shape index (κ2) is 10.2. The lowest BCUT2D eigenvalue weighted by molar-refractivity contribution is -0.284. The Morgan fingerprint density at radius 2 is 1.76 bits per heavy atom. The number of hydrogen-bond donors (Lipinski definition) is 0. The molecule has 0 N–H and O–H groups in total. The third-order valence-corrected chi connectivity index (χ3v) is 8.87. The van der Waals surface area contributed by atoms with Crippen LogP contribution < -0.4 is 0 Å². The summed E-state index contributed by atoms with van der Waals surface area (Å²) >= 11 is 0. The number of benzene rings is 1. The third kappa shape index (κ3) is 4.95. The van der Waals surface area contributed by atoms with Crippen molar-refractivity contribution in [3.8, 4) is 0 Å². The summed E-state index contributed by atoms with van der Waals surface area (Å²) in [4.78, 5) is 38.0. The molecule has 3 aliphatic rings. The van der Waals surface area contributed by atoms with Crippen LogP contribution in [0.5, 0.6) is 0 Å². The Labute approximate surface area is 219 Å². The highest BCUT2D eigenvalue weighted by atomic mass is 16.6. The molecule has 0 aromatic heterocycles. The number of carbonyl (C=O) groups excluding carboxylic acids is 3. The Balaban J connectivity index is 1.72. The van der Waals surface area contributed by atoms with E-state index in [2.05, 4.69) is 20.8 Å². The second-order valence-corrected chi connectivity index (χ2v) is 11.6. The molecule has 37 heavy (non-hydrogen) atoms. The van der Waals surface area contributed by atoms with Crippen LogP contribution in [-0.4, -0.2) is 47.4 Å². The van der Waals surface area contributed by atoms with Gasteiger partial charge in [-0.15, -0.1) is 0 Å². The largest absolute Gasteiger partial charge is 0.458 e. The van der Waals surface area contributed by atoms with E-state index in [9.17, 15) is 14.4 Å². The number of carbonyl (C=O) groups is 3. The van der Waals surface area contributed by atoms with Crippen LogP contribution in [0.3, 0.4) is 0 Å². The van der Waals surface area contributed by atoms with E-state index >= 15 is 0 Å². The average Bonchev–Trinajstić information content (AvgIpc) is 3.07. The predicted molar refractivity (Wildman–Crippen MR) is 138 cm³/mol. The van der Waals surface area contributed by atoms with Crippen LogP contribution in [0.1, 0.15) is 79.2 Å². The van der Waals surface area contributed by atoms with Crippen molar-refractivity contribution >= 4 is 24.0 Å². The fraction of sp³-hybridized carbons (Fsp3) is 0.633. The number of hydrogen-bond acceptors (Lipinski definition) is 7. The summed E-state index contributed by atoms with van der Waals surface area (Å²) in [6.45, 7) is 11.5. The fourth-order valence-electron chi connectivity index (χ4n) is 6.98. The van der Waals surface area contributed by atoms with Crippen molar-refractivity contribution in [2.45, 2.75) is 103 Å². The zero-order chi connectivity index (χ0) is 27.0. The Bertz CT molecular complexity index is 1050. The van der Waals surface area contributed by atoms with Gasteiger partial charge < -0.3 is 18.9 Å². The zero-order valence-corrected chi connectivity index (χ0v) is 22.8. The van der Waals surface area contributed by atoms with E-state index in [1.807, 2.05) is 44.2 Å². The van der Waals surface area contributed by atoms with E-state index < -0.39 is 46.9 Å². The molecule has 1 aromatic carbocycles. The van der Waals surface area contributed by atoms with E-state index in [0.717, 1.165) is 12.0 Å². The Morgan fingerprint density at radius 3 is 2.41 bits per heavy atom. The topological polar surface area (TPSA) is 88.1 Å². The van der Waals surface area contributed by atoms with Gasteiger partial charge in [-0.3, -0.25) is 9.59 Å². The number of fused-ring (bicyclic) bond motifs is 1. The van der Waals surface area contributed by atoms with E-state index in [1.54, 1.807) is 6.08 Å². The molecular formula is C30H40O7. The normalized spacial score (nSPS) is 36.0. The molecule has 1 saturated heterocycles. The molecule has 7 heteroatoms. The van der Waals surface area contributed by atoms with Crippen molar-refractivity contribution in [3.63, 3.8) is 0 Å². The second-order valence-electron chi connectivity index (χ2n) is 11.6. The third-order valence-electron chi connectivity index (χ3n) is 8.87. The van der Waals surface area contributed by atoms with Crippen LogP contribution in [-0.2, 0) is 33.3 Å². The molecule has 1 spiro atoms. The summed E-state index contributed by atoms with van der Waals surface area (Å²) in [5.74, 6) is -1.12. The van der Waals surface area contributed by atoms with Crippen LogP contribution in [0.25, 0.3) is 6.08 Å². The molecule has 7 nitrogen and oxygen atoms in total. The van der Waals surface area contributed by atoms with Gasteiger partial charge in [0.05, 0.1) is 16.6 Å². The van der Waals surface area contributed by atoms with Gasteiger partial charge in [0.2, 0.25) is 0 Å². The molecular weight excluding hydrogens is 472 g/mol. The maximum atomic E-state index is 13.1. The SMILES string of the molecule is CCCC(=O)O[C@H]1C[C@@H](C)[C@@]23C[C@@H](C[C@H](OC(=O)/C=C/c4ccccc4)[C@]2(C)[C@H]1OC(C)=O)C(C)(C)O3. The van der Waals surface area contributed by atoms with Gasteiger partial charge in [-0.1, -0.05) is 44.2 Å². The highest BCUT2D eigenvalue weighted by molar-refractivity contribution is 5.87. The summed E-state index contributed by atoms with van der Waals surface area (Å²) in [7, 11) is 0. The Hall–Kier alpha value is -2.67. The Kier molecular flexibility index (Phi) is 7.57. The van der Waals surface area contributed by atoms with E-state index in [0.29, 0.717) is 19.3 Å². The summed E-state index contributed by atoms with van der Waals surface area (Å²) in [5, 5.41) is 0. The van der Waals surface area contributed by atoms with Crippen molar-refractivity contribution in [2.75, 3.05) is 0 Å². The van der Waals surface area contributed by atoms with Crippen LogP contribution in [0, 0.1) is 17.3 Å². The van der Waals surface area contributed by atoms with Crippen molar-refractivity contribution in [2.24, 2.45) is 17.3 Å². The Morgan fingerprint density at radius 1 is 1.05 bits per heavy atom. The first-order chi connectivity index (χ1) is 17.4. The molecule has 0 amide bonds. The van der Waals surface area contributed by atoms with Crippen molar-refractivity contribution < 1.29 is 33.3 Å². The first-order valence-corrected chi connectivity index (χ1v) is 13.4. The van der Waals surface area contributed by atoms with Crippen LogP contribution in [0.2, 0.25) is 0 Å². The van der Waals surface area contributed by atoms with E-state index in [-0.39, 0.29) is 24.2 Å². The van der Waals surface area contributed by atoms with Gasteiger partial charge in [0.15, 0.2) is 6.10 Å². The molecule has 1 aromatic rings. The van der Waals surface area contributed by atoms with Crippen molar-refractivity contribution in [1.82, 2.24) is 0 Å². The van der Waals surface area contributed by atoms with Crippen LogP contribution in [0.4, 0.5) is 0 Å². The number of rotatable bonds is 7. The lowest BCUT2D eigenvalue weighted by Crippen LogP contribution is -2.71. The molecule has 0 radical (unpaired) electrons. The molecule has 2 bridgehead atoms. The maximum absolute atomic E-state index is 13.1. The van der Waals surface area contributed by atoms with Gasteiger partial charge in [0.1, 0.15) is 12.2 Å². The zero-order valence-electron chi connectivity index (χ0n) is 22.8. The molecule has 0 unspecified atom stereocenters. The number of esters is 3. The van der Waals surface area contributed by atoms with Gasteiger partial charge in [-0.25, -0.2) is 4.79 Å². The summed E-state index contributed by atoms with van der Waals surface area (Å²) in [6, 6.07) is 9.54. The summed E-state index contributed by atoms with van der Waals surface area (Å²) in [5.41, 5.74) is -1.18. The smallest absolute Gasteiger partial charge is 0.331 e. The maximum Gasteiger partial charge on any atom is 0.331 e. The lowest BCUT2D eigenvalue weighted by Gasteiger charge is -2.61. The standard InChI is InChI=1S/C30H40O7/c1-7-11-25(32)35-23-16-19(2)30-18-22(28(4,5)37-30)17-24(29(30,6)27(23)34-20(3)31)36-26(33)15-14-21-12-9-8-10-13-21/h8-10,12-15,19,22-24,27H,7,11,16-18H2,1-6H3/b15-14+/t19-,22-,23+,24+,27+,29-,30+/m1/s1. The van der Waals surface area contributed by atoms with Gasteiger partial charge in [-0.2, -0.15) is 0 Å². The van der Waals surface area contributed by atoms with Gasteiger partial charge >= 0.3 is 17.9 Å². The number of ether oxygens (including phenoxy) is 4. The monoisotopic (exact) mass is 512 g/mol. The van der Waals surface area contributed by atoms with E-state index in [4.69, 9.17) is 18.9 Å².